The maximum atomic E-state index is 5.59. The van der Waals surface area contributed by atoms with E-state index < -0.39 is 0 Å². The number of halogens is 1. The van der Waals surface area contributed by atoms with Gasteiger partial charge in [-0.15, -0.1) is 0 Å². The molecule has 3 N–H and O–H groups in total. The number of dihydropyridines is 1. The highest BCUT2D eigenvalue weighted by Gasteiger charge is 1.99. The highest BCUT2D eigenvalue weighted by Crippen LogP contribution is 2.01. The summed E-state index contributed by atoms with van der Waals surface area (Å²) < 4.78 is 0. The molecule has 0 aromatic carbocycles. The molecule has 2 nitrogen and oxygen atoms in total. The molecule has 1 rings (SSSR count). The molecule has 1 atom stereocenters. The number of hydrogen-bond acceptors (Lipinski definition) is 2. The van der Waals surface area contributed by atoms with Gasteiger partial charge in [-0.1, -0.05) is 11.6 Å². The van der Waals surface area contributed by atoms with Crippen molar-refractivity contribution in [3.8, 4) is 0 Å². The van der Waals surface area contributed by atoms with Crippen molar-refractivity contribution >= 4 is 11.6 Å². The van der Waals surface area contributed by atoms with Crippen molar-refractivity contribution in [1.29, 1.82) is 0 Å². The van der Waals surface area contributed by atoms with Gasteiger partial charge in [0.15, 0.2) is 0 Å². The Balaban J connectivity index is 2.63. The van der Waals surface area contributed by atoms with Gasteiger partial charge >= 0.3 is 0 Å². The van der Waals surface area contributed by atoms with Crippen LogP contribution in [0.2, 0.25) is 0 Å². The van der Waals surface area contributed by atoms with E-state index in [1.165, 1.54) is 0 Å². The lowest BCUT2D eigenvalue weighted by atomic mass is 10.3. The van der Waals surface area contributed by atoms with Gasteiger partial charge in [-0.3, -0.25) is 0 Å². The Morgan fingerprint density at radius 1 is 1.75 bits per heavy atom. The molecule has 1 aliphatic rings. The number of nitrogens with one attached hydrogen (secondary N) is 1. The molecule has 1 heterocycles. The Morgan fingerprint density at radius 2 is 2.50 bits per heavy atom. The molecule has 3 heteroatoms. The second kappa shape index (κ2) is 2.09. The summed E-state index contributed by atoms with van der Waals surface area (Å²) >= 11 is 5.59. The standard InChI is InChI=1S/C5H7ClN2/c6-5-3-4(7)1-2-8-5/h1-3,5,8H,7H2. The SMILES string of the molecule is NC1=CC(Cl)NC=C1. The van der Waals surface area contributed by atoms with Gasteiger partial charge in [-0.25, -0.2) is 0 Å². The summed E-state index contributed by atoms with van der Waals surface area (Å²) in [7, 11) is 0. The largest absolute Gasteiger partial charge is 0.399 e. The number of alkyl halides is 1. The summed E-state index contributed by atoms with van der Waals surface area (Å²) in [5, 5.41) is 2.84. The van der Waals surface area contributed by atoms with Crippen molar-refractivity contribution in [3.63, 3.8) is 0 Å². The first kappa shape index (κ1) is 5.51. The van der Waals surface area contributed by atoms with Crippen LogP contribution in [0.3, 0.4) is 0 Å². The molecule has 0 radical (unpaired) electrons. The molecule has 8 heavy (non-hydrogen) atoms. The van der Waals surface area contributed by atoms with Crippen molar-refractivity contribution in [2.75, 3.05) is 0 Å². The van der Waals surface area contributed by atoms with Crippen molar-refractivity contribution in [2.24, 2.45) is 5.73 Å². The van der Waals surface area contributed by atoms with Crippen molar-refractivity contribution in [2.45, 2.75) is 5.50 Å². The first-order valence-electron chi connectivity index (χ1n) is 2.33. The van der Waals surface area contributed by atoms with E-state index in [1.54, 1.807) is 18.4 Å². The Kier molecular flexibility index (Phi) is 1.44. The van der Waals surface area contributed by atoms with E-state index in [4.69, 9.17) is 17.3 Å². The second-order valence-electron chi connectivity index (χ2n) is 1.57. The number of allylic oxidation sites excluding steroid dienone is 1. The van der Waals surface area contributed by atoms with Crippen LogP contribution in [-0.4, -0.2) is 5.50 Å². The second-order valence-corrected chi connectivity index (χ2v) is 2.04. The molecule has 1 aliphatic heterocycles. The lowest BCUT2D eigenvalue weighted by molar-refractivity contribution is 0.887. The minimum atomic E-state index is -0.139. The zero-order valence-corrected chi connectivity index (χ0v) is 5.02. The zero-order valence-electron chi connectivity index (χ0n) is 4.26. The van der Waals surface area contributed by atoms with Crippen molar-refractivity contribution < 1.29 is 0 Å². The van der Waals surface area contributed by atoms with Gasteiger partial charge in [-0.05, 0) is 18.4 Å². The predicted octanol–water partition coefficient (Wildman–Crippen LogP) is 0.511. The Bertz CT molecular complexity index is 139. The van der Waals surface area contributed by atoms with Crippen LogP contribution in [0.15, 0.2) is 24.0 Å². The van der Waals surface area contributed by atoms with Crippen molar-refractivity contribution in [1.82, 2.24) is 5.32 Å². The molecule has 1 unspecified atom stereocenters. The van der Waals surface area contributed by atoms with Gasteiger partial charge in [0, 0.05) is 5.70 Å². The third-order valence-electron chi connectivity index (χ3n) is 0.870. The van der Waals surface area contributed by atoms with E-state index in [0.717, 1.165) is 0 Å². The highest BCUT2D eigenvalue weighted by molar-refractivity contribution is 6.21. The average molecular weight is 131 g/mol. The summed E-state index contributed by atoms with van der Waals surface area (Å²) in [6.07, 6.45) is 5.23. The molecular weight excluding hydrogens is 124 g/mol. The topological polar surface area (TPSA) is 38.0 Å². The van der Waals surface area contributed by atoms with Gasteiger partial charge in [0.25, 0.3) is 0 Å². The Labute approximate surface area is 53.0 Å². The number of nitrogens with two attached hydrogens (primary N) is 1. The number of hydrogen-bond donors (Lipinski definition) is 2. The van der Waals surface area contributed by atoms with Gasteiger partial charge in [0.05, 0.1) is 0 Å². The minimum Gasteiger partial charge on any atom is -0.399 e. The first-order chi connectivity index (χ1) is 3.79. The molecule has 0 aliphatic carbocycles. The van der Waals surface area contributed by atoms with Crippen LogP contribution in [0, 0.1) is 0 Å². The van der Waals surface area contributed by atoms with E-state index in [9.17, 15) is 0 Å². The molecule has 0 saturated carbocycles. The predicted molar refractivity (Wildman–Crippen MR) is 34.2 cm³/mol. The third kappa shape index (κ3) is 1.17. The molecule has 0 saturated heterocycles. The summed E-state index contributed by atoms with van der Waals surface area (Å²) in [5.74, 6) is 0. The zero-order chi connectivity index (χ0) is 5.98. The molecule has 0 spiro atoms. The first-order valence-corrected chi connectivity index (χ1v) is 2.76. The highest BCUT2D eigenvalue weighted by atomic mass is 35.5. The molecule has 44 valence electrons. The Morgan fingerprint density at radius 3 is 2.88 bits per heavy atom. The van der Waals surface area contributed by atoms with E-state index in [-0.39, 0.29) is 5.50 Å². The molecule has 0 fully saturated rings. The maximum Gasteiger partial charge on any atom is 0.122 e. The molecule has 0 aromatic rings. The summed E-state index contributed by atoms with van der Waals surface area (Å²) in [6, 6.07) is 0. The van der Waals surface area contributed by atoms with Gasteiger partial charge < -0.3 is 11.1 Å². The van der Waals surface area contributed by atoms with Crippen LogP contribution in [0.25, 0.3) is 0 Å². The van der Waals surface area contributed by atoms with Crippen LogP contribution in [0.1, 0.15) is 0 Å². The van der Waals surface area contributed by atoms with E-state index in [2.05, 4.69) is 5.32 Å². The molecule has 0 bridgehead atoms. The third-order valence-corrected chi connectivity index (χ3v) is 1.12. The monoisotopic (exact) mass is 130 g/mol. The molecular formula is C5H7ClN2. The lowest BCUT2D eigenvalue weighted by Crippen LogP contribution is -2.20. The van der Waals surface area contributed by atoms with Crippen molar-refractivity contribution in [3.05, 3.63) is 24.0 Å². The maximum absolute atomic E-state index is 5.59. The fraction of sp³-hybridized carbons (Fsp3) is 0.200. The fourth-order valence-electron chi connectivity index (χ4n) is 0.509. The van der Waals surface area contributed by atoms with Crippen LogP contribution < -0.4 is 11.1 Å². The van der Waals surface area contributed by atoms with E-state index in [1.807, 2.05) is 0 Å². The quantitative estimate of drug-likeness (QED) is 0.371. The van der Waals surface area contributed by atoms with Gasteiger partial charge in [-0.2, -0.15) is 0 Å². The van der Waals surface area contributed by atoms with Crippen LogP contribution in [-0.2, 0) is 0 Å². The lowest BCUT2D eigenvalue weighted by Gasteiger charge is -2.08. The smallest absolute Gasteiger partial charge is 0.122 e. The summed E-state index contributed by atoms with van der Waals surface area (Å²) in [5.41, 5.74) is 5.95. The molecule has 0 aromatic heterocycles. The minimum absolute atomic E-state index is 0.139. The van der Waals surface area contributed by atoms with Crippen LogP contribution in [0.4, 0.5) is 0 Å². The average Bonchev–Trinajstić information content (AvgIpc) is 1.64. The van der Waals surface area contributed by atoms with Crippen LogP contribution >= 0.6 is 11.6 Å². The number of rotatable bonds is 0. The van der Waals surface area contributed by atoms with Gasteiger partial charge in [0.2, 0.25) is 0 Å². The fourth-order valence-corrected chi connectivity index (χ4v) is 0.727. The van der Waals surface area contributed by atoms with E-state index in [0.29, 0.717) is 5.70 Å². The molecule has 0 amide bonds. The van der Waals surface area contributed by atoms with E-state index >= 15 is 0 Å². The normalized spacial score (nSPS) is 26.6. The van der Waals surface area contributed by atoms with Crippen LogP contribution in [0.5, 0.6) is 0 Å². The Hall–Kier alpha value is -0.630. The summed E-state index contributed by atoms with van der Waals surface area (Å²) in [4.78, 5) is 0. The summed E-state index contributed by atoms with van der Waals surface area (Å²) in [6.45, 7) is 0. The van der Waals surface area contributed by atoms with Gasteiger partial charge in [0.1, 0.15) is 5.50 Å².